The van der Waals surface area contributed by atoms with Crippen LogP contribution in [0.3, 0.4) is 0 Å². The van der Waals surface area contributed by atoms with Crippen molar-refractivity contribution in [3.63, 3.8) is 0 Å². The van der Waals surface area contributed by atoms with Gasteiger partial charge in [-0.2, -0.15) is 0 Å². The van der Waals surface area contributed by atoms with Crippen LogP contribution in [0.5, 0.6) is 0 Å². The monoisotopic (exact) mass is 238 g/mol. The third-order valence-corrected chi connectivity index (χ3v) is 3.77. The molecule has 16 heavy (non-hydrogen) atoms. The van der Waals surface area contributed by atoms with E-state index in [-0.39, 0.29) is 6.42 Å². The SMILES string of the molecule is Cc1ccc(C)c(SC(C)CCC(=O)O)c1. The number of thioether (sulfide) groups is 1. The number of carboxylic acids is 1. The van der Waals surface area contributed by atoms with E-state index in [1.165, 1.54) is 16.0 Å². The topological polar surface area (TPSA) is 37.3 Å². The first-order valence-corrected chi connectivity index (χ1v) is 6.32. The molecule has 0 radical (unpaired) electrons. The van der Waals surface area contributed by atoms with Crippen LogP contribution >= 0.6 is 11.8 Å². The van der Waals surface area contributed by atoms with Crippen molar-refractivity contribution in [3.8, 4) is 0 Å². The van der Waals surface area contributed by atoms with Gasteiger partial charge in [0.15, 0.2) is 0 Å². The number of hydrogen-bond acceptors (Lipinski definition) is 2. The minimum atomic E-state index is -0.714. The number of carboxylic acid groups (broad SMARTS) is 1. The van der Waals surface area contributed by atoms with Crippen LogP contribution < -0.4 is 0 Å². The zero-order valence-electron chi connectivity index (χ0n) is 9.99. The number of aryl methyl sites for hydroxylation is 2. The normalized spacial score (nSPS) is 12.4. The zero-order valence-corrected chi connectivity index (χ0v) is 10.8. The van der Waals surface area contributed by atoms with E-state index in [4.69, 9.17) is 5.11 Å². The predicted octanol–water partition coefficient (Wildman–Crippen LogP) is 3.65. The molecule has 1 atom stereocenters. The highest BCUT2D eigenvalue weighted by Crippen LogP contribution is 2.29. The number of aliphatic carboxylic acids is 1. The van der Waals surface area contributed by atoms with Gasteiger partial charge < -0.3 is 5.11 Å². The molecule has 0 spiro atoms. The average Bonchev–Trinajstić information content (AvgIpc) is 2.20. The van der Waals surface area contributed by atoms with Gasteiger partial charge in [0.05, 0.1) is 0 Å². The van der Waals surface area contributed by atoms with Gasteiger partial charge in [0.25, 0.3) is 0 Å². The highest BCUT2D eigenvalue weighted by Gasteiger charge is 2.08. The minimum Gasteiger partial charge on any atom is -0.481 e. The molecule has 0 saturated carbocycles. The van der Waals surface area contributed by atoms with E-state index in [1.54, 1.807) is 11.8 Å². The highest BCUT2D eigenvalue weighted by atomic mass is 32.2. The molecule has 0 aliphatic heterocycles. The maximum atomic E-state index is 10.5. The van der Waals surface area contributed by atoms with Gasteiger partial charge in [0.1, 0.15) is 0 Å². The first kappa shape index (κ1) is 13.1. The van der Waals surface area contributed by atoms with Crippen LogP contribution in [-0.2, 0) is 4.79 Å². The Labute approximate surface area is 101 Å². The molecular weight excluding hydrogens is 220 g/mol. The molecule has 0 heterocycles. The molecule has 1 aromatic carbocycles. The molecule has 0 amide bonds. The number of carbonyl (C=O) groups is 1. The largest absolute Gasteiger partial charge is 0.481 e. The summed E-state index contributed by atoms with van der Waals surface area (Å²) in [7, 11) is 0. The molecule has 1 N–H and O–H groups in total. The van der Waals surface area contributed by atoms with E-state index in [0.29, 0.717) is 11.7 Å². The fourth-order valence-electron chi connectivity index (χ4n) is 1.44. The number of rotatable bonds is 5. The Kier molecular flexibility index (Phi) is 4.87. The smallest absolute Gasteiger partial charge is 0.303 e. The third kappa shape index (κ3) is 4.27. The Hall–Kier alpha value is -0.960. The summed E-state index contributed by atoms with van der Waals surface area (Å²) >= 11 is 1.76. The second-order valence-electron chi connectivity index (χ2n) is 4.13. The van der Waals surface area contributed by atoms with Gasteiger partial charge >= 0.3 is 5.97 Å². The van der Waals surface area contributed by atoms with E-state index in [0.717, 1.165) is 0 Å². The van der Waals surface area contributed by atoms with Crippen molar-refractivity contribution in [3.05, 3.63) is 29.3 Å². The summed E-state index contributed by atoms with van der Waals surface area (Å²) in [4.78, 5) is 11.7. The second-order valence-corrected chi connectivity index (χ2v) is 5.61. The molecule has 0 aliphatic carbocycles. The van der Waals surface area contributed by atoms with Gasteiger partial charge in [-0.3, -0.25) is 4.79 Å². The number of hydrogen-bond donors (Lipinski definition) is 1. The third-order valence-electron chi connectivity index (χ3n) is 2.44. The molecule has 0 bridgehead atoms. The van der Waals surface area contributed by atoms with Crippen molar-refractivity contribution >= 4 is 17.7 Å². The summed E-state index contributed by atoms with van der Waals surface area (Å²) in [6, 6.07) is 6.38. The lowest BCUT2D eigenvalue weighted by Gasteiger charge is -2.12. The van der Waals surface area contributed by atoms with Crippen LogP contribution in [0.15, 0.2) is 23.1 Å². The van der Waals surface area contributed by atoms with Gasteiger partial charge in [-0.1, -0.05) is 24.6 Å². The lowest BCUT2D eigenvalue weighted by atomic mass is 10.2. The molecule has 1 aromatic rings. The molecule has 1 unspecified atom stereocenters. The fourth-order valence-corrected chi connectivity index (χ4v) is 2.61. The lowest BCUT2D eigenvalue weighted by molar-refractivity contribution is -0.137. The van der Waals surface area contributed by atoms with E-state index in [2.05, 4.69) is 39.0 Å². The Balaban J connectivity index is 2.58. The highest BCUT2D eigenvalue weighted by molar-refractivity contribution is 8.00. The van der Waals surface area contributed by atoms with Crippen LogP contribution in [0.25, 0.3) is 0 Å². The molecule has 3 heteroatoms. The Morgan fingerprint density at radius 1 is 1.44 bits per heavy atom. The van der Waals surface area contributed by atoms with Crippen molar-refractivity contribution < 1.29 is 9.90 Å². The second kappa shape index (κ2) is 5.94. The molecule has 88 valence electrons. The van der Waals surface area contributed by atoms with Crippen LogP contribution in [0, 0.1) is 13.8 Å². The maximum Gasteiger partial charge on any atom is 0.303 e. The van der Waals surface area contributed by atoms with Gasteiger partial charge in [-0.05, 0) is 31.9 Å². The summed E-state index contributed by atoms with van der Waals surface area (Å²) in [5, 5.41) is 8.96. The van der Waals surface area contributed by atoms with E-state index in [1.807, 2.05) is 0 Å². The molecular formula is C13H18O2S. The molecule has 2 nitrogen and oxygen atoms in total. The van der Waals surface area contributed by atoms with Crippen molar-refractivity contribution in [1.29, 1.82) is 0 Å². The summed E-state index contributed by atoms with van der Waals surface area (Å²) in [5.41, 5.74) is 2.51. The Morgan fingerprint density at radius 3 is 2.75 bits per heavy atom. The first-order valence-electron chi connectivity index (χ1n) is 5.44. The Morgan fingerprint density at radius 2 is 2.12 bits per heavy atom. The predicted molar refractivity (Wildman–Crippen MR) is 68.1 cm³/mol. The van der Waals surface area contributed by atoms with Gasteiger partial charge in [-0.15, -0.1) is 11.8 Å². The van der Waals surface area contributed by atoms with Crippen molar-refractivity contribution in [2.45, 2.75) is 43.8 Å². The van der Waals surface area contributed by atoms with Crippen LogP contribution in [0.1, 0.15) is 30.9 Å². The van der Waals surface area contributed by atoms with Gasteiger partial charge in [0, 0.05) is 16.6 Å². The van der Waals surface area contributed by atoms with Crippen molar-refractivity contribution in [2.75, 3.05) is 0 Å². The van der Waals surface area contributed by atoms with Crippen molar-refractivity contribution in [1.82, 2.24) is 0 Å². The minimum absolute atomic E-state index is 0.249. The summed E-state index contributed by atoms with van der Waals surface area (Å²) in [6.07, 6.45) is 0.965. The Bertz CT molecular complexity index is 374. The molecule has 0 aromatic heterocycles. The van der Waals surface area contributed by atoms with Gasteiger partial charge in [0.2, 0.25) is 0 Å². The van der Waals surface area contributed by atoms with E-state index in [9.17, 15) is 4.79 Å². The molecule has 0 aliphatic rings. The van der Waals surface area contributed by atoms with Crippen LogP contribution in [0.4, 0.5) is 0 Å². The summed E-state index contributed by atoms with van der Waals surface area (Å²) in [6.45, 7) is 6.24. The summed E-state index contributed by atoms with van der Waals surface area (Å²) in [5.74, 6) is -0.714. The van der Waals surface area contributed by atoms with Gasteiger partial charge in [-0.25, -0.2) is 0 Å². The molecule has 0 saturated heterocycles. The standard InChI is InChI=1S/C13H18O2S/c1-9-4-5-10(2)12(8-9)16-11(3)6-7-13(14)15/h4-5,8,11H,6-7H2,1-3H3,(H,14,15). The van der Waals surface area contributed by atoms with Crippen molar-refractivity contribution in [2.24, 2.45) is 0 Å². The zero-order chi connectivity index (χ0) is 12.1. The molecule has 0 fully saturated rings. The summed E-state index contributed by atoms with van der Waals surface area (Å²) < 4.78 is 0. The number of benzene rings is 1. The fraction of sp³-hybridized carbons (Fsp3) is 0.462. The molecule has 1 rings (SSSR count). The first-order chi connectivity index (χ1) is 7.49. The average molecular weight is 238 g/mol. The van der Waals surface area contributed by atoms with Crippen LogP contribution in [0.2, 0.25) is 0 Å². The lowest BCUT2D eigenvalue weighted by Crippen LogP contribution is -2.02. The maximum absolute atomic E-state index is 10.5. The van der Waals surface area contributed by atoms with E-state index < -0.39 is 5.97 Å². The quantitative estimate of drug-likeness (QED) is 0.796. The van der Waals surface area contributed by atoms with E-state index >= 15 is 0 Å². The van der Waals surface area contributed by atoms with Crippen LogP contribution in [-0.4, -0.2) is 16.3 Å².